The Bertz CT molecular complexity index is 29.6. The zero-order chi connectivity index (χ0) is 5.54. The van der Waals surface area contributed by atoms with Crippen molar-refractivity contribution in [2.45, 2.75) is 13.3 Å². The summed E-state index contributed by atoms with van der Waals surface area (Å²) in [5.41, 5.74) is 5.25. The second kappa shape index (κ2) is 10.2. The highest BCUT2D eigenvalue weighted by Crippen LogP contribution is 1.58. The lowest BCUT2D eigenvalue weighted by molar-refractivity contribution is -0.651. The number of rotatable bonds is 4. The molecule has 0 amide bonds. The van der Waals surface area contributed by atoms with Crippen LogP contribution in [0.15, 0.2) is 0 Å². The summed E-state index contributed by atoms with van der Waals surface area (Å²) in [6.07, 6.45) is 1.15. The summed E-state index contributed by atoms with van der Waals surface area (Å²) in [4.78, 5) is 0. The van der Waals surface area contributed by atoms with Gasteiger partial charge in [-0.05, 0) is 13.5 Å². The third kappa shape index (κ3) is 9.51. The van der Waals surface area contributed by atoms with Crippen molar-refractivity contribution in [3.05, 3.63) is 0 Å². The van der Waals surface area contributed by atoms with Gasteiger partial charge in [-0.25, -0.2) is 0 Å². The molecule has 0 bridgehead atoms. The van der Waals surface area contributed by atoms with Crippen LogP contribution in [0.3, 0.4) is 0 Å². The van der Waals surface area contributed by atoms with Crippen LogP contribution in [0.25, 0.3) is 0 Å². The van der Waals surface area contributed by atoms with Crippen LogP contribution in [0.4, 0.5) is 0 Å². The Balaban J connectivity index is 0. The van der Waals surface area contributed by atoms with Gasteiger partial charge >= 0.3 is 0 Å². The van der Waals surface area contributed by atoms with E-state index in [4.69, 9.17) is 5.73 Å². The van der Waals surface area contributed by atoms with Gasteiger partial charge in [0, 0.05) is 6.42 Å². The van der Waals surface area contributed by atoms with Gasteiger partial charge in [-0.1, -0.05) is 0 Å². The average Bonchev–Trinajstić information content (AvgIpc) is 1.69. The normalized spacial score (nSPS) is 8.25. The van der Waals surface area contributed by atoms with E-state index in [1.807, 2.05) is 0 Å². The quantitative estimate of drug-likeness (QED) is 0.382. The summed E-state index contributed by atoms with van der Waals surface area (Å²) in [7, 11) is 0. The first-order valence-electron chi connectivity index (χ1n) is 2.93. The summed E-state index contributed by atoms with van der Waals surface area (Å²) in [5.74, 6) is 0. The van der Waals surface area contributed by atoms with Crippen molar-refractivity contribution in [3.8, 4) is 0 Å². The summed E-state index contributed by atoms with van der Waals surface area (Å²) >= 11 is 0. The molecule has 4 N–H and O–H groups in total. The number of nitrogens with two attached hydrogens (primary N) is 2. The Hall–Kier alpha value is 0.210. The fraction of sp³-hybridized carbons (Fsp3) is 1.00. The van der Waals surface area contributed by atoms with Crippen LogP contribution in [-0.2, 0) is 0 Å². The Kier molecular flexibility index (Phi) is 14.2. The topological polar surface area (TPSA) is 42.6 Å². The van der Waals surface area contributed by atoms with Crippen molar-refractivity contribution in [2.24, 2.45) is 5.73 Å². The van der Waals surface area contributed by atoms with Gasteiger partial charge in [0.05, 0.1) is 13.1 Å². The van der Waals surface area contributed by atoms with E-state index in [0.29, 0.717) is 0 Å². The first-order chi connectivity index (χ1) is 3.41. The van der Waals surface area contributed by atoms with Crippen molar-refractivity contribution in [1.29, 1.82) is 0 Å². The largest absolute Gasteiger partial charge is 1.00 e. The van der Waals surface area contributed by atoms with Crippen LogP contribution in [0, 0.1) is 0 Å². The third-order valence-electron chi connectivity index (χ3n) is 0.901. The lowest BCUT2D eigenvalue weighted by Gasteiger charge is -1.92. The molecule has 52 valence electrons. The Labute approximate surface area is 57.2 Å². The van der Waals surface area contributed by atoms with Gasteiger partial charge < -0.3 is 23.5 Å². The Morgan fingerprint density at radius 2 is 2.12 bits per heavy atom. The minimum Gasteiger partial charge on any atom is -1.00 e. The lowest BCUT2D eigenvalue weighted by atomic mass is 10.4. The molecule has 0 aliphatic carbocycles. The molecule has 0 unspecified atom stereocenters. The van der Waals surface area contributed by atoms with Crippen molar-refractivity contribution >= 4 is 0 Å². The van der Waals surface area contributed by atoms with E-state index < -0.39 is 0 Å². The fourth-order valence-corrected chi connectivity index (χ4v) is 0.466. The fourth-order valence-electron chi connectivity index (χ4n) is 0.466. The smallest absolute Gasteiger partial charge is 0.0767 e. The van der Waals surface area contributed by atoms with E-state index in [9.17, 15) is 0 Å². The highest BCUT2D eigenvalue weighted by molar-refractivity contribution is 4.29. The van der Waals surface area contributed by atoms with E-state index in [-0.39, 0.29) is 12.4 Å². The molecule has 2 nitrogen and oxygen atoms in total. The maximum absolute atomic E-state index is 5.25. The molecule has 0 saturated carbocycles. The predicted octanol–water partition coefficient (Wildman–Crippen LogP) is -4.08. The molecular formula is C5H15ClN2. The number of quaternary nitrogens is 1. The molecule has 0 radical (unpaired) electrons. The van der Waals surface area contributed by atoms with E-state index in [1.165, 1.54) is 13.1 Å². The van der Waals surface area contributed by atoms with Gasteiger partial charge in [-0.2, -0.15) is 0 Å². The standard InChI is InChI=1S/C5H14N2.ClH/c1-2-7-5-3-4-6;/h7H,2-6H2,1H3;1H. The molecule has 0 atom stereocenters. The van der Waals surface area contributed by atoms with Crippen LogP contribution >= 0.6 is 0 Å². The zero-order valence-corrected chi connectivity index (χ0v) is 6.12. The zero-order valence-electron chi connectivity index (χ0n) is 5.36. The lowest BCUT2D eigenvalue weighted by Crippen LogP contribution is -3.00. The predicted molar refractivity (Wildman–Crippen MR) is 31.0 cm³/mol. The molecule has 0 aliphatic heterocycles. The molecule has 0 aliphatic rings. The highest BCUT2D eigenvalue weighted by atomic mass is 35.5. The highest BCUT2D eigenvalue weighted by Gasteiger charge is 1.81. The molecule has 0 fully saturated rings. The maximum Gasteiger partial charge on any atom is 0.0767 e. The number of halogens is 1. The van der Waals surface area contributed by atoms with E-state index in [2.05, 4.69) is 12.2 Å². The molecule has 0 rings (SSSR count). The van der Waals surface area contributed by atoms with Crippen LogP contribution in [0.5, 0.6) is 0 Å². The van der Waals surface area contributed by atoms with Crippen LogP contribution in [0.2, 0.25) is 0 Å². The van der Waals surface area contributed by atoms with Crippen LogP contribution in [0.1, 0.15) is 13.3 Å². The minimum atomic E-state index is 0. The first kappa shape index (κ1) is 11.1. The molecule has 0 aromatic heterocycles. The van der Waals surface area contributed by atoms with Crippen molar-refractivity contribution in [2.75, 3.05) is 19.6 Å². The SMILES string of the molecule is CC[NH2+]CCCN.[Cl-]. The van der Waals surface area contributed by atoms with Crippen LogP contribution < -0.4 is 23.5 Å². The second-order valence-electron chi connectivity index (χ2n) is 1.63. The van der Waals surface area contributed by atoms with Crippen molar-refractivity contribution in [1.82, 2.24) is 0 Å². The van der Waals surface area contributed by atoms with Gasteiger partial charge in [0.25, 0.3) is 0 Å². The molecule has 0 spiro atoms. The molecule has 3 heteroatoms. The molecule has 0 aromatic rings. The van der Waals surface area contributed by atoms with Gasteiger partial charge in [0.15, 0.2) is 0 Å². The Morgan fingerprint density at radius 3 is 2.50 bits per heavy atom. The summed E-state index contributed by atoms with van der Waals surface area (Å²) in [5, 5.41) is 2.26. The average molecular weight is 139 g/mol. The van der Waals surface area contributed by atoms with E-state index in [0.717, 1.165) is 13.0 Å². The minimum absolute atomic E-state index is 0. The summed E-state index contributed by atoms with van der Waals surface area (Å²) < 4.78 is 0. The first-order valence-corrected chi connectivity index (χ1v) is 2.93. The number of hydrogen-bond donors (Lipinski definition) is 2. The Morgan fingerprint density at radius 1 is 1.50 bits per heavy atom. The van der Waals surface area contributed by atoms with Gasteiger partial charge in [0.2, 0.25) is 0 Å². The van der Waals surface area contributed by atoms with Gasteiger partial charge in [0.1, 0.15) is 0 Å². The summed E-state index contributed by atoms with van der Waals surface area (Å²) in [6.45, 7) is 5.35. The van der Waals surface area contributed by atoms with Gasteiger partial charge in [-0.3, -0.25) is 0 Å². The van der Waals surface area contributed by atoms with E-state index in [1.54, 1.807) is 0 Å². The number of hydrogen-bond acceptors (Lipinski definition) is 1. The van der Waals surface area contributed by atoms with Crippen molar-refractivity contribution in [3.63, 3.8) is 0 Å². The van der Waals surface area contributed by atoms with Gasteiger partial charge in [-0.15, -0.1) is 0 Å². The molecule has 0 saturated heterocycles. The van der Waals surface area contributed by atoms with Crippen LogP contribution in [-0.4, -0.2) is 19.6 Å². The third-order valence-corrected chi connectivity index (χ3v) is 0.901. The van der Waals surface area contributed by atoms with E-state index >= 15 is 0 Å². The molecule has 8 heavy (non-hydrogen) atoms. The maximum atomic E-state index is 5.25. The second-order valence-corrected chi connectivity index (χ2v) is 1.63. The monoisotopic (exact) mass is 138 g/mol. The van der Waals surface area contributed by atoms with Crippen molar-refractivity contribution < 1.29 is 17.7 Å². The molecular weight excluding hydrogens is 124 g/mol. The molecule has 0 heterocycles. The summed E-state index contributed by atoms with van der Waals surface area (Å²) in [6, 6.07) is 0. The molecule has 0 aromatic carbocycles.